The highest BCUT2D eigenvalue weighted by Crippen LogP contribution is 2.32. The Morgan fingerprint density at radius 2 is 1.88 bits per heavy atom. The van der Waals surface area contributed by atoms with E-state index in [2.05, 4.69) is 88.7 Å². The van der Waals surface area contributed by atoms with Crippen molar-refractivity contribution < 1.29 is 0 Å². The molecule has 0 saturated carbocycles. The number of fused-ring (bicyclic) bond motifs is 1. The minimum absolute atomic E-state index is 0.518. The fourth-order valence-electron chi connectivity index (χ4n) is 5.09. The van der Waals surface area contributed by atoms with Crippen LogP contribution >= 0.6 is 0 Å². The number of aromatic nitrogens is 4. The zero-order valence-corrected chi connectivity index (χ0v) is 19.0. The summed E-state index contributed by atoms with van der Waals surface area (Å²) < 4.78 is 1.95. The summed E-state index contributed by atoms with van der Waals surface area (Å²) >= 11 is 0. The summed E-state index contributed by atoms with van der Waals surface area (Å²) in [7, 11) is 0. The summed E-state index contributed by atoms with van der Waals surface area (Å²) in [5.41, 5.74) is 8.29. The maximum Gasteiger partial charge on any atom is 0.123 e. The molecule has 0 spiro atoms. The van der Waals surface area contributed by atoms with Crippen molar-refractivity contribution in [2.75, 3.05) is 19.6 Å². The predicted molar refractivity (Wildman–Crippen MR) is 130 cm³/mol. The fraction of sp³-hybridized carbons (Fsp3) is 0.333. The Kier molecular flexibility index (Phi) is 5.91. The summed E-state index contributed by atoms with van der Waals surface area (Å²) in [6, 6.07) is 17.4. The molecule has 164 valence electrons. The molecule has 1 aliphatic heterocycles. The van der Waals surface area contributed by atoms with Crippen molar-refractivity contribution in [3.63, 3.8) is 0 Å². The van der Waals surface area contributed by atoms with Gasteiger partial charge in [-0.05, 0) is 62.1 Å². The van der Waals surface area contributed by atoms with Gasteiger partial charge in [0.2, 0.25) is 0 Å². The Balaban J connectivity index is 1.21. The first-order valence-electron chi connectivity index (χ1n) is 11.6. The second kappa shape index (κ2) is 9.13. The van der Waals surface area contributed by atoms with Gasteiger partial charge in [0.05, 0.1) is 0 Å². The van der Waals surface area contributed by atoms with Crippen LogP contribution in [0, 0.1) is 0 Å². The standard InChI is InChI=1S/C27H31N5/c1-20-17-31(14-12-25(20)21(2)22-7-4-3-5-8-22)13-6-9-23-16-28-27-11-10-24(15-26(23)27)32-18-29-30-19-32/h3-5,7-8,10-11,15-16,18-19,21,28H,6,9,12-14,17H2,1-2H3. The third-order valence-corrected chi connectivity index (χ3v) is 6.92. The van der Waals surface area contributed by atoms with Gasteiger partial charge in [0.15, 0.2) is 0 Å². The highest BCUT2D eigenvalue weighted by molar-refractivity contribution is 5.85. The Morgan fingerprint density at radius 1 is 1.06 bits per heavy atom. The van der Waals surface area contributed by atoms with Crippen LogP contribution in [0.4, 0.5) is 0 Å². The fourth-order valence-corrected chi connectivity index (χ4v) is 5.09. The third-order valence-electron chi connectivity index (χ3n) is 6.92. The summed E-state index contributed by atoms with van der Waals surface area (Å²) in [6.07, 6.45) is 9.08. The van der Waals surface area contributed by atoms with Crippen LogP contribution in [0.15, 0.2) is 78.5 Å². The Morgan fingerprint density at radius 3 is 2.66 bits per heavy atom. The van der Waals surface area contributed by atoms with Gasteiger partial charge >= 0.3 is 0 Å². The molecule has 5 heteroatoms. The number of hydrogen-bond acceptors (Lipinski definition) is 3. The number of hydrogen-bond donors (Lipinski definition) is 1. The molecule has 0 radical (unpaired) electrons. The molecule has 1 aliphatic rings. The van der Waals surface area contributed by atoms with Crippen molar-refractivity contribution in [2.24, 2.45) is 0 Å². The zero-order valence-electron chi connectivity index (χ0n) is 19.0. The van der Waals surface area contributed by atoms with E-state index in [1.165, 1.54) is 34.9 Å². The predicted octanol–water partition coefficient (Wildman–Crippen LogP) is 5.51. The molecule has 0 aliphatic carbocycles. The van der Waals surface area contributed by atoms with E-state index in [-0.39, 0.29) is 0 Å². The van der Waals surface area contributed by atoms with Crippen LogP contribution in [0.25, 0.3) is 16.6 Å². The van der Waals surface area contributed by atoms with Crippen molar-refractivity contribution in [2.45, 2.75) is 39.0 Å². The van der Waals surface area contributed by atoms with E-state index >= 15 is 0 Å². The molecule has 3 heterocycles. The summed E-state index contributed by atoms with van der Waals surface area (Å²) in [5.74, 6) is 0.518. The van der Waals surface area contributed by atoms with Gasteiger partial charge in [-0.2, -0.15) is 0 Å². The number of aryl methyl sites for hydroxylation is 1. The highest BCUT2D eigenvalue weighted by Gasteiger charge is 2.21. The number of nitrogens with one attached hydrogen (secondary N) is 1. The number of benzene rings is 2. The molecule has 32 heavy (non-hydrogen) atoms. The first kappa shape index (κ1) is 20.7. The van der Waals surface area contributed by atoms with Crippen LogP contribution in [-0.4, -0.2) is 44.3 Å². The molecule has 0 bridgehead atoms. The maximum atomic E-state index is 3.93. The van der Waals surface area contributed by atoms with Gasteiger partial charge in [0.1, 0.15) is 12.7 Å². The van der Waals surface area contributed by atoms with Gasteiger partial charge in [0.25, 0.3) is 0 Å². The van der Waals surface area contributed by atoms with Gasteiger partial charge < -0.3 is 4.98 Å². The molecule has 2 aromatic carbocycles. The van der Waals surface area contributed by atoms with Gasteiger partial charge in [-0.15, -0.1) is 10.2 Å². The lowest BCUT2D eigenvalue weighted by atomic mass is 9.86. The van der Waals surface area contributed by atoms with Gasteiger partial charge in [-0.25, -0.2) is 0 Å². The molecule has 0 saturated heterocycles. The van der Waals surface area contributed by atoms with Crippen LogP contribution in [0.5, 0.6) is 0 Å². The lowest BCUT2D eigenvalue weighted by molar-refractivity contribution is 0.278. The van der Waals surface area contributed by atoms with Gasteiger partial charge in [-0.1, -0.05) is 48.4 Å². The molecule has 1 atom stereocenters. The molecule has 1 N–H and O–H groups in total. The molecule has 5 nitrogen and oxygen atoms in total. The van der Waals surface area contributed by atoms with Gasteiger partial charge in [0, 0.05) is 41.8 Å². The van der Waals surface area contributed by atoms with Crippen molar-refractivity contribution in [3.8, 4) is 5.69 Å². The van der Waals surface area contributed by atoms with E-state index in [0.717, 1.165) is 31.7 Å². The Labute approximate surface area is 189 Å². The number of nitrogens with zero attached hydrogens (tertiary/aromatic N) is 4. The third kappa shape index (κ3) is 4.26. The van der Waals surface area contributed by atoms with Crippen LogP contribution in [0.2, 0.25) is 0 Å². The lowest BCUT2D eigenvalue weighted by Crippen LogP contribution is -2.33. The summed E-state index contributed by atoms with van der Waals surface area (Å²) in [4.78, 5) is 6.05. The van der Waals surface area contributed by atoms with E-state index in [0.29, 0.717) is 5.92 Å². The minimum atomic E-state index is 0.518. The van der Waals surface area contributed by atoms with E-state index in [1.54, 1.807) is 23.8 Å². The molecule has 1 unspecified atom stereocenters. The largest absolute Gasteiger partial charge is 0.361 e. The topological polar surface area (TPSA) is 49.7 Å². The number of H-pyrrole nitrogens is 1. The minimum Gasteiger partial charge on any atom is -0.361 e. The lowest BCUT2D eigenvalue weighted by Gasteiger charge is -2.32. The molecular formula is C27H31N5. The van der Waals surface area contributed by atoms with E-state index in [9.17, 15) is 0 Å². The smallest absolute Gasteiger partial charge is 0.123 e. The maximum absolute atomic E-state index is 3.93. The second-order valence-corrected chi connectivity index (χ2v) is 8.98. The van der Waals surface area contributed by atoms with Crippen LogP contribution in [-0.2, 0) is 6.42 Å². The first-order chi connectivity index (χ1) is 15.7. The average Bonchev–Trinajstić information content (AvgIpc) is 3.50. The van der Waals surface area contributed by atoms with Crippen molar-refractivity contribution >= 4 is 10.9 Å². The van der Waals surface area contributed by atoms with Crippen LogP contribution in [0.1, 0.15) is 43.7 Å². The summed E-state index contributed by atoms with van der Waals surface area (Å²) in [6.45, 7) is 8.08. The molecule has 2 aromatic heterocycles. The van der Waals surface area contributed by atoms with Crippen LogP contribution < -0.4 is 0 Å². The molecular weight excluding hydrogens is 394 g/mol. The summed E-state index contributed by atoms with van der Waals surface area (Å²) in [5, 5.41) is 9.15. The second-order valence-electron chi connectivity index (χ2n) is 8.98. The van der Waals surface area contributed by atoms with Crippen molar-refractivity contribution in [1.29, 1.82) is 0 Å². The van der Waals surface area contributed by atoms with Gasteiger partial charge in [-0.3, -0.25) is 9.47 Å². The number of rotatable bonds is 7. The van der Waals surface area contributed by atoms with E-state index < -0.39 is 0 Å². The molecule has 4 aromatic rings. The molecule has 5 rings (SSSR count). The highest BCUT2D eigenvalue weighted by atomic mass is 15.2. The average molecular weight is 426 g/mol. The van der Waals surface area contributed by atoms with Crippen LogP contribution in [0.3, 0.4) is 0 Å². The quantitative estimate of drug-likeness (QED) is 0.397. The Bertz CT molecular complexity index is 1200. The Hall–Kier alpha value is -3.18. The zero-order chi connectivity index (χ0) is 21.9. The normalized spacial score (nSPS) is 16.1. The number of aromatic amines is 1. The molecule has 0 fully saturated rings. The first-order valence-corrected chi connectivity index (χ1v) is 11.6. The van der Waals surface area contributed by atoms with E-state index in [1.807, 2.05) is 4.57 Å². The SMILES string of the molecule is CC1=C(C(C)c2ccccc2)CCN(CCCc2c[nH]c3ccc(-n4cnnc4)cc23)C1. The monoisotopic (exact) mass is 425 g/mol. The van der Waals surface area contributed by atoms with Crippen molar-refractivity contribution in [3.05, 3.63) is 89.7 Å². The molecule has 0 amide bonds. The van der Waals surface area contributed by atoms with E-state index in [4.69, 9.17) is 0 Å². The van der Waals surface area contributed by atoms with Crippen molar-refractivity contribution in [1.82, 2.24) is 24.6 Å².